The first-order valence-electron chi connectivity index (χ1n) is 4.09. The quantitative estimate of drug-likeness (QED) is 0.770. The molecule has 0 amide bonds. The molecule has 5 nitrogen and oxygen atoms in total. The van der Waals surface area contributed by atoms with Crippen LogP contribution < -0.4 is 0 Å². The van der Waals surface area contributed by atoms with Gasteiger partial charge in [0.25, 0.3) is 20.6 Å². The number of hydrogen-bond acceptors (Lipinski definition) is 4. The average molecular weight is 258 g/mol. The molecular weight excluding hydrogens is 252 g/mol. The summed E-state index contributed by atoms with van der Waals surface area (Å²) in [5.41, 5.74) is 0. The van der Waals surface area contributed by atoms with Crippen LogP contribution in [-0.2, 0) is 9.05 Å². The Bertz CT molecular complexity index is 483. The Kier molecular flexibility index (Phi) is 2.42. The van der Waals surface area contributed by atoms with Gasteiger partial charge in [-0.25, -0.2) is 17.2 Å². The molecule has 1 aliphatic carbocycles. The van der Waals surface area contributed by atoms with Crippen molar-refractivity contribution >= 4 is 19.7 Å². The molecule has 0 aromatic carbocycles. The first kappa shape index (κ1) is 10.7. The Labute approximate surface area is 88.5 Å². The highest BCUT2D eigenvalue weighted by molar-refractivity contribution is 8.13. The molecule has 0 unspecified atom stereocenters. The lowest BCUT2D eigenvalue weighted by Gasteiger charge is -2.05. The fraction of sp³-hybridized carbons (Fsp3) is 0.667. The average Bonchev–Trinajstić information content (AvgIpc) is 2.81. The molecule has 1 heterocycles. The van der Waals surface area contributed by atoms with Crippen molar-refractivity contribution in [2.24, 2.45) is 0 Å². The molecule has 2 rings (SSSR count). The minimum absolute atomic E-state index is 0.271. The van der Waals surface area contributed by atoms with Crippen LogP contribution in [0, 0.1) is 0 Å². The Morgan fingerprint density at radius 2 is 2.00 bits per heavy atom. The van der Waals surface area contributed by atoms with Gasteiger partial charge in [-0.3, -0.25) is 4.57 Å². The van der Waals surface area contributed by atoms with Gasteiger partial charge in [0.2, 0.25) is 5.82 Å². The third-order valence-corrected chi connectivity index (χ3v) is 3.14. The van der Waals surface area contributed by atoms with E-state index in [9.17, 15) is 17.2 Å². The Morgan fingerprint density at radius 1 is 1.40 bits per heavy atom. The van der Waals surface area contributed by atoms with Crippen molar-refractivity contribution in [2.45, 2.75) is 30.5 Å². The van der Waals surface area contributed by atoms with E-state index in [4.69, 9.17) is 10.7 Å². The fourth-order valence-electron chi connectivity index (χ4n) is 1.28. The Hall–Kier alpha value is -0.760. The number of nitrogens with zero attached hydrogens (tertiary/aromatic N) is 3. The standard InChI is InChI=1S/C6H6ClF2N3O2S/c7-15(13,14)6-11-10-5(4(8)9)12(6)3-1-2-3/h3-4H,1-2H2. The molecule has 0 spiro atoms. The first-order valence-corrected chi connectivity index (χ1v) is 6.40. The van der Waals surface area contributed by atoms with Gasteiger partial charge in [-0.2, -0.15) is 0 Å². The van der Waals surface area contributed by atoms with Gasteiger partial charge in [0.1, 0.15) is 0 Å². The van der Waals surface area contributed by atoms with E-state index in [1.54, 1.807) is 0 Å². The van der Waals surface area contributed by atoms with Crippen LogP contribution in [0.15, 0.2) is 5.16 Å². The largest absolute Gasteiger partial charge is 0.297 e. The summed E-state index contributed by atoms with van der Waals surface area (Å²) in [5, 5.41) is 5.73. The minimum Gasteiger partial charge on any atom is -0.293 e. The Balaban J connectivity index is 2.57. The second-order valence-corrected chi connectivity index (χ2v) is 5.64. The summed E-state index contributed by atoms with van der Waals surface area (Å²) in [6.07, 6.45) is -1.58. The summed E-state index contributed by atoms with van der Waals surface area (Å²) < 4.78 is 47.9. The van der Waals surface area contributed by atoms with Gasteiger partial charge in [-0.15, -0.1) is 10.2 Å². The number of halogens is 3. The van der Waals surface area contributed by atoms with Crippen molar-refractivity contribution in [3.8, 4) is 0 Å². The second kappa shape index (κ2) is 3.38. The maximum absolute atomic E-state index is 12.5. The van der Waals surface area contributed by atoms with E-state index in [2.05, 4.69) is 10.2 Å². The van der Waals surface area contributed by atoms with Crippen LogP contribution in [0.5, 0.6) is 0 Å². The zero-order valence-corrected chi connectivity index (χ0v) is 8.84. The fourth-order valence-corrected chi connectivity index (χ4v) is 2.21. The van der Waals surface area contributed by atoms with E-state index in [1.165, 1.54) is 0 Å². The van der Waals surface area contributed by atoms with Crippen LogP contribution >= 0.6 is 10.7 Å². The molecule has 1 saturated carbocycles. The summed E-state index contributed by atoms with van der Waals surface area (Å²) in [6.45, 7) is 0. The highest BCUT2D eigenvalue weighted by Gasteiger charge is 2.36. The number of alkyl halides is 2. The zero-order chi connectivity index (χ0) is 11.2. The maximum atomic E-state index is 12.5. The summed E-state index contributed by atoms with van der Waals surface area (Å²) >= 11 is 0. The number of rotatable bonds is 3. The highest BCUT2D eigenvalue weighted by atomic mass is 35.7. The van der Waals surface area contributed by atoms with Crippen LogP contribution in [0.1, 0.15) is 31.1 Å². The normalized spacial score (nSPS) is 17.3. The van der Waals surface area contributed by atoms with Crippen molar-refractivity contribution in [1.29, 1.82) is 0 Å². The van der Waals surface area contributed by atoms with Gasteiger partial charge in [-0.05, 0) is 12.8 Å². The smallest absolute Gasteiger partial charge is 0.293 e. The van der Waals surface area contributed by atoms with Crippen molar-refractivity contribution in [3.63, 3.8) is 0 Å². The van der Waals surface area contributed by atoms with Crippen LogP contribution in [0.25, 0.3) is 0 Å². The Morgan fingerprint density at radius 3 is 2.40 bits per heavy atom. The van der Waals surface area contributed by atoms with Crippen LogP contribution in [0.2, 0.25) is 0 Å². The predicted molar refractivity (Wildman–Crippen MR) is 46.3 cm³/mol. The molecule has 0 atom stereocenters. The molecule has 9 heteroatoms. The summed E-state index contributed by atoms with van der Waals surface area (Å²) in [6, 6.07) is -0.271. The summed E-state index contributed by atoms with van der Waals surface area (Å²) in [4.78, 5) is 0. The highest BCUT2D eigenvalue weighted by Crippen LogP contribution is 2.39. The molecule has 1 aromatic rings. The van der Waals surface area contributed by atoms with E-state index in [0.717, 1.165) is 4.57 Å². The molecule has 0 aliphatic heterocycles. The van der Waals surface area contributed by atoms with Crippen LogP contribution in [-0.4, -0.2) is 23.2 Å². The third kappa shape index (κ3) is 1.96. The maximum Gasteiger partial charge on any atom is 0.297 e. The van der Waals surface area contributed by atoms with Crippen LogP contribution in [0.4, 0.5) is 8.78 Å². The monoisotopic (exact) mass is 257 g/mol. The second-order valence-electron chi connectivity index (χ2n) is 3.18. The topological polar surface area (TPSA) is 64.8 Å². The molecular formula is C6H6ClF2N3O2S. The molecule has 15 heavy (non-hydrogen) atoms. The molecule has 0 saturated heterocycles. The van der Waals surface area contributed by atoms with E-state index >= 15 is 0 Å². The number of hydrogen-bond donors (Lipinski definition) is 0. The summed E-state index contributed by atoms with van der Waals surface area (Å²) in [7, 11) is 0.935. The van der Waals surface area contributed by atoms with Crippen molar-refractivity contribution in [3.05, 3.63) is 5.82 Å². The van der Waals surface area contributed by atoms with Crippen molar-refractivity contribution in [2.75, 3.05) is 0 Å². The van der Waals surface area contributed by atoms with E-state index < -0.39 is 26.5 Å². The lowest BCUT2D eigenvalue weighted by Crippen LogP contribution is -2.08. The molecule has 0 bridgehead atoms. The zero-order valence-electron chi connectivity index (χ0n) is 7.27. The van der Waals surface area contributed by atoms with Gasteiger partial charge in [-0.1, -0.05) is 0 Å². The molecule has 0 radical (unpaired) electrons. The van der Waals surface area contributed by atoms with Crippen molar-refractivity contribution < 1.29 is 17.2 Å². The third-order valence-electron chi connectivity index (χ3n) is 2.02. The van der Waals surface area contributed by atoms with Gasteiger partial charge >= 0.3 is 0 Å². The number of aromatic nitrogens is 3. The van der Waals surface area contributed by atoms with Crippen molar-refractivity contribution in [1.82, 2.24) is 14.8 Å². The molecule has 0 N–H and O–H groups in total. The van der Waals surface area contributed by atoms with Gasteiger partial charge in [0.15, 0.2) is 0 Å². The molecule has 1 aliphatic rings. The van der Waals surface area contributed by atoms with E-state index in [0.29, 0.717) is 12.8 Å². The lowest BCUT2D eigenvalue weighted by molar-refractivity contribution is 0.134. The van der Waals surface area contributed by atoms with Gasteiger partial charge in [0, 0.05) is 16.7 Å². The van der Waals surface area contributed by atoms with Crippen LogP contribution in [0.3, 0.4) is 0 Å². The van der Waals surface area contributed by atoms with E-state index in [-0.39, 0.29) is 6.04 Å². The van der Waals surface area contributed by atoms with E-state index in [1.807, 2.05) is 0 Å². The summed E-state index contributed by atoms with van der Waals surface area (Å²) in [5.74, 6) is -0.642. The SMILES string of the molecule is O=S(=O)(Cl)c1nnc(C(F)F)n1C1CC1. The first-order chi connectivity index (χ1) is 6.91. The van der Waals surface area contributed by atoms with Gasteiger partial charge < -0.3 is 0 Å². The molecule has 1 fully saturated rings. The lowest BCUT2D eigenvalue weighted by atomic mass is 10.5. The van der Waals surface area contributed by atoms with Gasteiger partial charge in [0.05, 0.1) is 0 Å². The minimum atomic E-state index is -4.12. The molecule has 1 aromatic heterocycles. The molecule has 84 valence electrons. The predicted octanol–water partition coefficient (Wildman–Crippen LogP) is 1.48.